The van der Waals surface area contributed by atoms with Crippen LogP contribution in [0.1, 0.15) is 24.4 Å². The summed E-state index contributed by atoms with van der Waals surface area (Å²) in [5.41, 5.74) is 1.59. The van der Waals surface area contributed by atoms with Crippen molar-refractivity contribution in [1.82, 2.24) is 4.98 Å². The van der Waals surface area contributed by atoms with E-state index in [0.29, 0.717) is 23.1 Å². The van der Waals surface area contributed by atoms with Gasteiger partial charge < -0.3 is 19.7 Å². The molecule has 0 unspecified atom stereocenters. The number of piperidine rings is 1. The van der Waals surface area contributed by atoms with Crippen LogP contribution in [0.25, 0.3) is 0 Å². The van der Waals surface area contributed by atoms with Crippen molar-refractivity contribution in [3.8, 4) is 11.5 Å². The molecule has 160 valence electrons. The molecule has 2 heterocycles. The first kappa shape index (κ1) is 20.9. The quantitative estimate of drug-likeness (QED) is 0.622. The molecule has 1 N–H and O–H groups in total. The Balaban J connectivity index is 1.73. The number of benzene rings is 2. The molecule has 0 bridgehead atoms. The maximum absolute atomic E-state index is 13.2. The van der Waals surface area contributed by atoms with Crippen LogP contribution in [0.2, 0.25) is 0 Å². The topological polar surface area (TPSA) is 80.8 Å². The number of nitrogens with zero attached hydrogens (tertiary/aromatic N) is 2. The Morgan fingerprint density at radius 1 is 1.06 bits per heavy atom. The molecule has 1 saturated heterocycles. The van der Waals surface area contributed by atoms with Gasteiger partial charge in [-0.15, -0.1) is 11.3 Å². The SMILES string of the molecule is COc1ccc([C@@H]2[C@@H](C(=O)Nc3nccs3)CCC(=O)N2c2ccc(OC)cc2)cc1. The summed E-state index contributed by atoms with van der Waals surface area (Å²) in [4.78, 5) is 32.2. The van der Waals surface area contributed by atoms with E-state index in [0.717, 1.165) is 11.3 Å². The van der Waals surface area contributed by atoms with Crippen LogP contribution in [0.4, 0.5) is 10.8 Å². The van der Waals surface area contributed by atoms with Crippen LogP contribution >= 0.6 is 11.3 Å². The Morgan fingerprint density at radius 2 is 1.71 bits per heavy atom. The molecule has 2 amide bonds. The molecule has 1 aliphatic heterocycles. The zero-order valence-electron chi connectivity index (χ0n) is 17.3. The second-order valence-electron chi connectivity index (χ2n) is 7.15. The summed E-state index contributed by atoms with van der Waals surface area (Å²) in [7, 11) is 3.20. The summed E-state index contributed by atoms with van der Waals surface area (Å²) in [6, 6.07) is 14.3. The van der Waals surface area contributed by atoms with Gasteiger partial charge >= 0.3 is 0 Å². The second kappa shape index (κ2) is 9.18. The molecule has 1 aromatic heterocycles. The Hall–Kier alpha value is -3.39. The molecule has 1 aliphatic rings. The summed E-state index contributed by atoms with van der Waals surface area (Å²) < 4.78 is 10.5. The molecule has 0 aliphatic carbocycles. The molecule has 0 spiro atoms. The van der Waals surface area contributed by atoms with Crippen LogP contribution in [0, 0.1) is 5.92 Å². The van der Waals surface area contributed by atoms with E-state index < -0.39 is 12.0 Å². The predicted molar refractivity (Wildman–Crippen MR) is 120 cm³/mol. The first-order valence-corrected chi connectivity index (χ1v) is 10.8. The third-order valence-corrected chi connectivity index (χ3v) is 6.09. The molecular weight excluding hydrogens is 414 g/mol. The van der Waals surface area contributed by atoms with Gasteiger partial charge in [0.1, 0.15) is 11.5 Å². The van der Waals surface area contributed by atoms with Crippen molar-refractivity contribution in [3.63, 3.8) is 0 Å². The van der Waals surface area contributed by atoms with Gasteiger partial charge in [-0.2, -0.15) is 0 Å². The van der Waals surface area contributed by atoms with Crippen LogP contribution in [-0.2, 0) is 9.59 Å². The van der Waals surface area contributed by atoms with Crippen LogP contribution in [0.15, 0.2) is 60.1 Å². The number of methoxy groups -OCH3 is 2. The smallest absolute Gasteiger partial charge is 0.231 e. The Morgan fingerprint density at radius 3 is 2.29 bits per heavy atom. The van der Waals surface area contributed by atoms with Gasteiger partial charge in [-0.3, -0.25) is 9.59 Å². The predicted octanol–water partition coefficient (Wildman–Crippen LogP) is 4.28. The van der Waals surface area contributed by atoms with Crippen molar-refractivity contribution in [2.45, 2.75) is 18.9 Å². The maximum atomic E-state index is 13.2. The van der Waals surface area contributed by atoms with Crippen molar-refractivity contribution in [1.29, 1.82) is 0 Å². The van der Waals surface area contributed by atoms with E-state index in [1.54, 1.807) is 25.3 Å². The van der Waals surface area contributed by atoms with E-state index >= 15 is 0 Å². The molecule has 0 saturated carbocycles. The van der Waals surface area contributed by atoms with Gasteiger partial charge in [-0.25, -0.2) is 4.98 Å². The number of carbonyl (C=O) groups excluding carboxylic acids is 2. The van der Waals surface area contributed by atoms with Gasteiger partial charge in [-0.1, -0.05) is 12.1 Å². The number of amides is 2. The van der Waals surface area contributed by atoms with Gasteiger partial charge in [-0.05, 0) is 48.4 Å². The molecule has 1 fully saturated rings. The minimum absolute atomic E-state index is 0.0238. The lowest BCUT2D eigenvalue weighted by molar-refractivity contribution is -0.125. The molecular formula is C23H23N3O4S. The zero-order chi connectivity index (χ0) is 21.8. The Bertz CT molecular complexity index is 1040. The summed E-state index contributed by atoms with van der Waals surface area (Å²) in [5.74, 6) is 0.807. The molecule has 2 atom stereocenters. The summed E-state index contributed by atoms with van der Waals surface area (Å²) >= 11 is 1.37. The molecule has 8 heteroatoms. The van der Waals surface area contributed by atoms with Crippen molar-refractivity contribution < 1.29 is 19.1 Å². The fraction of sp³-hybridized carbons (Fsp3) is 0.261. The summed E-state index contributed by atoms with van der Waals surface area (Å²) in [5, 5.41) is 5.26. The van der Waals surface area contributed by atoms with E-state index in [-0.39, 0.29) is 18.2 Å². The first-order valence-electron chi connectivity index (χ1n) is 9.91. The van der Waals surface area contributed by atoms with E-state index in [1.807, 2.05) is 53.9 Å². The molecule has 0 radical (unpaired) electrons. The summed E-state index contributed by atoms with van der Waals surface area (Å²) in [6.07, 6.45) is 2.39. The number of thiazole rings is 1. The van der Waals surface area contributed by atoms with Crippen molar-refractivity contribution in [2.24, 2.45) is 5.92 Å². The number of carbonyl (C=O) groups is 2. The highest BCUT2D eigenvalue weighted by molar-refractivity contribution is 7.13. The highest BCUT2D eigenvalue weighted by atomic mass is 32.1. The fourth-order valence-corrected chi connectivity index (χ4v) is 4.41. The lowest BCUT2D eigenvalue weighted by atomic mass is 9.83. The minimum Gasteiger partial charge on any atom is -0.497 e. The van der Waals surface area contributed by atoms with E-state index in [9.17, 15) is 9.59 Å². The van der Waals surface area contributed by atoms with Crippen LogP contribution in [0.3, 0.4) is 0 Å². The maximum Gasteiger partial charge on any atom is 0.231 e. The number of aromatic nitrogens is 1. The first-order chi connectivity index (χ1) is 15.1. The van der Waals surface area contributed by atoms with Crippen molar-refractivity contribution in [3.05, 3.63) is 65.7 Å². The number of hydrogen-bond donors (Lipinski definition) is 1. The van der Waals surface area contributed by atoms with Gasteiger partial charge in [0.2, 0.25) is 11.8 Å². The average Bonchev–Trinajstić information content (AvgIpc) is 3.32. The van der Waals surface area contributed by atoms with Gasteiger partial charge in [0.15, 0.2) is 5.13 Å². The number of nitrogens with one attached hydrogen (secondary N) is 1. The second-order valence-corrected chi connectivity index (χ2v) is 8.05. The van der Waals surface area contributed by atoms with Crippen LogP contribution < -0.4 is 19.7 Å². The van der Waals surface area contributed by atoms with Gasteiger partial charge in [0.25, 0.3) is 0 Å². The molecule has 4 rings (SSSR count). The molecule has 31 heavy (non-hydrogen) atoms. The summed E-state index contributed by atoms with van der Waals surface area (Å²) in [6.45, 7) is 0. The van der Waals surface area contributed by atoms with Crippen LogP contribution in [-0.4, -0.2) is 31.0 Å². The molecule has 2 aromatic carbocycles. The number of anilines is 2. The highest BCUT2D eigenvalue weighted by Crippen LogP contribution is 2.41. The number of hydrogen-bond acceptors (Lipinski definition) is 6. The zero-order valence-corrected chi connectivity index (χ0v) is 18.1. The Kier molecular flexibility index (Phi) is 6.18. The molecule has 3 aromatic rings. The lowest BCUT2D eigenvalue weighted by Gasteiger charge is -2.40. The fourth-order valence-electron chi connectivity index (χ4n) is 3.88. The third-order valence-electron chi connectivity index (χ3n) is 5.40. The number of ether oxygens (including phenoxy) is 2. The van der Waals surface area contributed by atoms with Crippen molar-refractivity contribution in [2.75, 3.05) is 24.4 Å². The number of rotatable bonds is 6. The third kappa shape index (κ3) is 4.39. The monoisotopic (exact) mass is 437 g/mol. The lowest BCUT2D eigenvalue weighted by Crippen LogP contribution is -2.46. The normalized spacial score (nSPS) is 18.5. The van der Waals surface area contributed by atoms with E-state index in [1.165, 1.54) is 11.3 Å². The highest BCUT2D eigenvalue weighted by Gasteiger charge is 2.41. The average molecular weight is 438 g/mol. The van der Waals surface area contributed by atoms with Gasteiger partial charge in [0, 0.05) is 23.7 Å². The van der Waals surface area contributed by atoms with E-state index in [2.05, 4.69) is 10.3 Å². The van der Waals surface area contributed by atoms with E-state index in [4.69, 9.17) is 9.47 Å². The standard InChI is InChI=1S/C23H23N3O4S/c1-29-17-7-3-15(4-8-17)21-19(22(28)25-23-24-13-14-31-23)11-12-20(27)26(21)16-5-9-18(30-2)10-6-16/h3-10,13-14,19,21H,11-12H2,1-2H3,(H,24,25,28)/t19-,21+/m0/s1. The van der Waals surface area contributed by atoms with Gasteiger partial charge in [0.05, 0.1) is 26.2 Å². The molecule has 7 nitrogen and oxygen atoms in total. The Labute approximate surface area is 184 Å². The van der Waals surface area contributed by atoms with Crippen molar-refractivity contribution >= 4 is 34.0 Å². The largest absolute Gasteiger partial charge is 0.497 e. The minimum atomic E-state index is -0.458. The van der Waals surface area contributed by atoms with Crippen LogP contribution in [0.5, 0.6) is 11.5 Å².